The summed E-state index contributed by atoms with van der Waals surface area (Å²) in [4.78, 5) is 16.5. The maximum absolute atomic E-state index is 12.5. The van der Waals surface area contributed by atoms with E-state index in [1.165, 1.54) is 41.8 Å². The molecule has 152 valence electrons. The molecule has 2 N–H and O–H groups in total. The molecule has 0 aliphatic heterocycles. The molecule has 0 unspecified atom stereocenters. The number of sulfonamides is 1. The molecule has 2 aromatic carbocycles. The van der Waals surface area contributed by atoms with Crippen molar-refractivity contribution in [2.24, 2.45) is 0 Å². The van der Waals surface area contributed by atoms with Crippen molar-refractivity contribution in [2.45, 2.75) is 24.7 Å². The molecule has 7 nitrogen and oxygen atoms in total. The average Bonchev–Trinajstić information content (AvgIpc) is 3.21. The first-order valence-corrected chi connectivity index (χ1v) is 11.4. The molecule has 0 saturated heterocycles. The number of ether oxygens (including phenoxy) is 1. The maximum Gasteiger partial charge on any atom is 0.263 e. The molecule has 29 heavy (non-hydrogen) atoms. The van der Waals surface area contributed by atoms with Gasteiger partial charge in [0.1, 0.15) is 5.75 Å². The Morgan fingerprint density at radius 3 is 2.66 bits per heavy atom. The van der Waals surface area contributed by atoms with E-state index in [0.29, 0.717) is 28.7 Å². The SMILES string of the molecule is CCCCOc1cccc(C(=O)Nc2ccc(S(=O)(=O)Nc3nccs3)cc2)c1. The monoisotopic (exact) mass is 431 g/mol. The number of anilines is 2. The van der Waals surface area contributed by atoms with Gasteiger partial charge in [0.15, 0.2) is 5.13 Å². The number of hydrogen-bond donors (Lipinski definition) is 2. The second-order valence-corrected chi connectivity index (χ2v) is 8.73. The van der Waals surface area contributed by atoms with E-state index in [4.69, 9.17) is 4.74 Å². The molecule has 0 radical (unpaired) electrons. The number of amides is 1. The second-order valence-electron chi connectivity index (χ2n) is 6.15. The molecular weight excluding hydrogens is 410 g/mol. The molecule has 1 heterocycles. The van der Waals surface area contributed by atoms with Crippen LogP contribution in [0.1, 0.15) is 30.1 Å². The van der Waals surface area contributed by atoms with Gasteiger partial charge in [0.25, 0.3) is 15.9 Å². The number of carbonyl (C=O) groups is 1. The third kappa shape index (κ3) is 5.78. The van der Waals surface area contributed by atoms with Crippen LogP contribution in [0.5, 0.6) is 5.75 Å². The molecule has 0 saturated carbocycles. The van der Waals surface area contributed by atoms with Crippen LogP contribution in [0.15, 0.2) is 65.0 Å². The number of rotatable bonds is 9. The van der Waals surface area contributed by atoms with Crippen molar-refractivity contribution in [3.05, 3.63) is 65.7 Å². The van der Waals surface area contributed by atoms with Gasteiger partial charge in [-0.15, -0.1) is 11.3 Å². The summed E-state index contributed by atoms with van der Waals surface area (Å²) >= 11 is 1.19. The Balaban J connectivity index is 1.65. The number of carbonyl (C=O) groups excluding carboxylic acids is 1. The van der Waals surface area contributed by atoms with Gasteiger partial charge in [0, 0.05) is 22.8 Å². The van der Waals surface area contributed by atoms with Crippen molar-refractivity contribution in [1.29, 1.82) is 0 Å². The summed E-state index contributed by atoms with van der Waals surface area (Å²) in [6.07, 6.45) is 3.50. The van der Waals surface area contributed by atoms with Gasteiger partial charge in [-0.05, 0) is 48.9 Å². The normalized spacial score (nSPS) is 11.1. The Labute approximate surface area is 173 Å². The molecule has 0 aliphatic carbocycles. The van der Waals surface area contributed by atoms with E-state index in [1.54, 1.807) is 23.6 Å². The summed E-state index contributed by atoms with van der Waals surface area (Å²) in [6, 6.07) is 12.9. The smallest absolute Gasteiger partial charge is 0.263 e. The average molecular weight is 432 g/mol. The molecule has 9 heteroatoms. The maximum atomic E-state index is 12.5. The van der Waals surface area contributed by atoms with E-state index >= 15 is 0 Å². The number of benzene rings is 2. The zero-order valence-corrected chi connectivity index (χ0v) is 17.4. The molecule has 0 bridgehead atoms. The highest BCUT2D eigenvalue weighted by molar-refractivity contribution is 7.93. The number of hydrogen-bond acceptors (Lipinski definition) is 6. The minimum absolute atomic E-state index is 0.0806. The summed E-state index contributed by atoms with van der Waals surface area (Å²) in [7, 11) is -3.73. The van der Waals surface area contributed by atoms with Crippen molar-refractivity contribution in [1.82, 2.24) is 4.98 Å². The van der Waals surface area contributed by atoms with Gasteiger partial charge in [-0.25, -0.2) is 13.4 Å². The topological polar surface area (TPSA) is 97.4 Å². The Hall–Kier alpha value is -2.91. The largest absolute Gasteiger partial charge is 0.494 e. The first-order valence-electron chi connectivity index (χ1n) is 9.04. The van der Waals surface area contributed by atoms with Crippen LogP contribution in [-0.2, 0) is 10.0 Å². The lowest BCUT2D eigenvalue weighted by Crippen LogP contribution is -2.14. The number of nitrogens with one attached hydrogen (secondary N) is 2. The lowest BCUT2D eigenvalue weighted by molar-refractivity contribution is 0.102. The van der Waals surface area contributed by atoms with Gasteiger partial charge in [0.2, 0.25) is 0 Å². The summed E-state index contributed by atoms with van der Waals surface area (Å²) in [6.45, 7) is 2.69. The fourth-order valence-electron chi connectivity index (χ4n) is 2.43. The molecular formula is C20H21N3O4S2. The van der Waals surface area contributed by atoms with Crippen LogP contribution >= 0.6 is 11.3 Å². The molecule has 3 aromatic rings. The highest BCUT2D eigenvalue weighted by Crippen LogP contribution is 2.20. The van der Waals surface area contributed by atoms with Gasteiger partial charge >= 0.3 is 0 Å². The zero-order valence-electron chi connectivity index (χ0n) is 15.8. The van der Waals surface area contributed by atoms with Crippen molar-refractivity contribution < 1.29 is 17.9 Å². The second kappa shape index (κ2) is 9.53. The predicted octanol–water partition coefficient (Wildman–Crippen LogP) is 4.38. The van der Waals surface area contributed by atoms with Gasteiger partial charge < -0.3 is 10.1 Å². The van der Waals surface area contributed by atoms with Crippen molar-refractivity contribution in [3.8, 4) is 5.75 Å². The molecule has 0 fully saturated rings. The van der Waals surface area contributed by atoms with Crippen LogP contribution in [0.4, 0.5) is 10.8 Å². The Morgan fingerprint density at radius 2 is 1.97 bits per heavy atom. The van der Waals surface area contributed by atoms with Crippen LogP contribution in [0.2, 0.25) is 0 Å². The first kappa shape index (κ1) is 20.8. The van der Waals surface area contributed by atoms with Crippen LogP contribution in [0.3, 0.4) is 0 Å². The highest BCUT2D eigenvalue weighted by Gasteiger charge is 2.16. The van der Waals surface area contributed by atoms with E-state index in [1.807, 2.05) is 6.07 Å². The fourth-order valence-corrected chi connectivity index (χ4v) is 4.22. The molecule has 0 spiro atoms. The summed E-state index contributed by atoms with van der Waals surface area (Å²) in [5.41, 5.74) is 0.946. The van der Waals surface area contributed by atoms with Crippen molar-refractivity contribution >= 4 is 38.1 Å². The minimum Gasteiger partial charge on any atom is -0.494 e. The third-order valence-corrected chi connectivity index (χ3v) is 6.11. The number of nitrogens with zero attached hydrogens (tertiary/aromatic N) is 1. The van der Waals surface area contributed by atoms with Crippen molar-refractivity contribution in [2.75, 3.05) is 16.6 Å². The first-order chi connectivity index (χ1) is 14.0. The van der Waals surface area contributed by atoms with E-state index in [9.17, 15) is 13.2 Å². The van der Waals surface area contributed by atoms with Crippen LogP contribution in [-0.4, -0.2) is 25.9 Å². The lowest BCUT2D eigenvalue weighted by atomic mass is 10.2. The minimum atomic E-state index is -3.73. The van der Waals surface area contributed by atoms with E-state index in [0.717, 1.165) is 12.8 Å². The van der Waals surface area contributed by atoms with E-state index in [-0.39, 0.29) is 10.8 Å². The Bertz CT molecular complexity index is 1050. The van der Waals surface area contributed by atoms with Crippen LogP contribution in [0, 0.1) is 0 Å². The Morgan fingerprint density at radius 1 is 1.17 bits per heavy atom. The number of thiazole rings is 1. The predicted molar refractivity (Wildman–Crippen MR) is 114 cm³/mol. The van der Waals surface area contributed by atoms with Gasteiger partial charge in [-0.2, -0.15) is 0 Å². The van der Waals surface area contributed by atoms with Gasteiger partial charge in [-0.3, -0.25) is 9.52 Å². The van der Waals surface area contributed by atoms with Crippen LogP contribution in [0.25, 0.3) is 0 Å². The van der Waals surface area contributed by atoms with Crippen LogP contribution < -0.4 is 14.8 Å². The summed E-state index contributed by atoms with van der Waals surface area (Å²) < 4.78 is 32.7. The van der Waals surface area contributed by atoms with E-state index in [2.05, 4.69) is 21.9 Å². The number of unbranched alkanes of at least 4 members (excludes halogenated alkanes) is 1. The number of aromatic nitrogens is 1. The van der Waals surface area contributed by atoms with Gasteiger partial charge in [-0.1, -0.05) is 19.4 Å². The third-order valence-electron chi connectivity index (χ3n) is 3.94. The van der Waals surface area contributed by atoms with E-state index < -0.39 is 10.0 Å². The molecule has 1 amide bonds. The molecule has 3 rings (SSSR count). The highest BCUT2D eigenvalue weighted by atomic mass is 32.2. The Kier molecular flexibility index (Phi) is 6.84. The van der Waals surface area contributed by atoms with Gasteiger partial charge in [0.05, 0.1) is 11.5 Å². The lowest BCUT2D eigenvalue weighted by Gasteiger charge is -2.09. The molecule has 0 atom stereocenters. The molecule has 0 aliphatic rings. The molecule has 1 aromatic heterocycles. The summed E-state index contributed by atoms with van der Waals surface area (Å²) in [5.74, 6) is 0.336. The zero-order chi connectivity index (χ0) is 20.7. The quantitative estimate of drug-likeness (QED) is 0.490. The fraction of sp³-hybridized carbons (Fsp3) is 0.200. The van der Waals surface area contributed by atoms with Crippen molar-refractivity contribution in [3.63, 3.8) is 0 Å². The standard InChI is InChI=1S/C20H21N3O4S2/c1-2-3-12-27-17-6-4-5-15(14-17)19(24)22-16-7-9-18(10-8-16)29(25,26)23-20-21-11-13-28-20/h4-11,13-14H,2-3,12H2,1H3,(H,21,23)(H,22,24). The summed E-state index contributed by atoms with van der Waals surface area (Å²) in [5, 5.41) is 4.73.